The quantitative estimate of drug-likeness (QED) is 0.606. The summed E-state index contributed by atoms with van der Waals surface area (Å²) in [5, 5.41) is 4.73. The molecule has 1 aliphatic heterocycles. The second-order valence-corrected chi connectivity index (χ2v) is 7.37. The van der Waals surface area contributed by atoms with Crippen molar-refractivity contribution in [2.75, 3.05) is 13.3 Å². The number of nitrogens with zero attached hydrogens (tertiary/aromatic N) is 2. The molecule has 0 aromatic heterocycles. The first kappa shape index (κ1) is 18.1. The van der Waals surface area contributed by atoms with Crippen molar-refractivity contribution in [3.8, 4) is 0 Å². The van der Waals surface area contributed by atoms with Crippen LogP contribution in [0.2, 0.25) is 0 Å². The molecule has 0 spiro atoms. The first-order valence-corrected chi connectivity index (χ1v) is 8.51. The van der Waals surface area contributed by atoms with Gasteiger partial charge in [0.25, 0.3) is 5.91 Å². The highest BCUT2D eigenvalue weighted by molar-refractivity contribution is 7.90. The van der Waals surface area contributed by atoms with Gasteiger partial charge in [-0.15, -0.1) is 0 Å². The zero-order valence-corrected chi connectivity index (χ0v) is 13.7. The molecular weight excluding hydrogens is 349 g/mol. The van der Waals surface area contributed by atoms with Gasteiger partial charge in [-0.05, 0) is 25.1 Å². The predicted octanol–water partition coefficient (Wildman–Crippen LogP) is 1.76. The summed E-state index contributed by atoms with van der Waals surface area (Å²) in [5.41, 5.74) is -1.51. The summed E-state index contributed by atoms with van der Waals surface area (Å²) >= 11 is 0. The molecule has 1 aromatic carbocycles. The molecule has 1 heterocycles. The van der Waals surface area contributed by atoms with E-state index in [1.54, 1.807) is 0 Å². The van der Waals surface area contributed by atoms with E-state index < -0.39 is 49.6 Å². The van der Waals surface area contributed by atoms with Crippen LogP contribution in [0.1, 0.15) is 22.8 Å². The van der Waals surface area contributed by atoms with E-state index in [9.17, 15) is 31.2 Å². The number of carbonyl (C=O) groups is 2. The highest BCUT2D eigenvalue weighted by Crippen LogP contribution is 2.33. The van der Waals surface area contributed by atoms with E-state index in [1.165, 1.54) is 14.0 Å². The number of rotatable bonds is 3. The van der Waals surface area contributed by atoms with E-state index in [4.69, 9.17) is 0 Å². The summed E-state index contributed by atoms with van der Waals surface area (Å²) in [6.07, 6.45) is -4.06. The van der Waals surface area contributed by atoms with Crippen molar-refractivity contribution in [3.05, 3.63) is 29.3 Å². The van der Waals surface area contributed by atoms with Crippen LogP contribution in [0.5, 0.6) is 0 Å². The van der Waals surface area contributed by atoms with Crippen LogP contribution in [0.4, 0.5) is 13.2 Å². The van der Waals surface area contributed by atoms with Crippen molar-refractivity contribution in [1.82, 2.24) is 5.01 Å². The number of hydrogen-bond donors (Lipinski definition) is 0. The fourth-order valence-electron chi connectivity index (χ4n) is 2.38. The number of benzene rings is 1. The van der Waals surface area contributed by atoms with E-state index in [2.05, 4.69) is 5.10 Å². The summed E-state index contributed by atoms with van der Waals surface area (Å²) in [5.74, 6) is -2.91. The summed E-state index contributed by atoms with van der Waals surface area (Å²) in [4.78, 5) is 23.8. The summed E-state index contributed by atoms with van der Waals surface area (Å²) in [6.45, 7) is 1.41. The lowest BCUT2D eigenvalue weighted by Crippen LogP contribution is -2.32. The van der Waals surface area contributed by atoms with Crippen molar-refractivity contribution in [2.24, 2.45) is 11.0 Å². The molecular formula is C14H13F3N2O4S. The van der Waals surface area contributed by atoms with Gasteiger partial charge in [0, 0.05) is 18.9 Å². The molecule has 0 radical (unpaired) electrons. The van der Waals surface area contributed by atoms with Gasteiger partial charge in [0.15, 0.2) is 15.6 Å². The molecule has 24 heavy (non-hydrogen) atoms. The molecule has 0 bridgehead atoms. The van der Waals surface area contributed by atoms with Gasteiger partial charge >= 0.3 is 6.18 Å². The third-order valence-corrected chi connectivity index (χ3v) is 4.66. The highest BCUT2D eigenvalue weighted by Gasteiger charge is 2.40. The second kappa shape index (κ2) is 5.69. The van der Waals surface area contributed by atoms with Crippen LogP contribution in [-0.2, 0) is 20.8 Å². The summed E-state index contributed by atoms with van der Waals surface area (Å²) in [7, 11) is -2.80. The zero-order valence-electron chi connectivity index (χ0n) is 12.9. The lowest BCUT2D eigenvalue weighted by Gasteiger charge is -2.14. The molecule has 1 amide bonds. The molecule has 6 nitrogen and oxygen atoms in total. The van der Waals surface area contributed by atoms with Gasteiger partial charge in [-0.1, -0.05) is 0 Å². The molecule has 10 heteroatoms. The average molecular weight is 362 g/mol. The zero-order chi connectivity index (χ0) is 18.4. The largest absolute Gasteiger partial charge is 0.416 e. The number of Topliss-reactive ketones (excluding diaryl/α,β-unsaturated/α-hetero) is 1. The molecule has 130 valence electrons. The Hall–Kier alpha value is -2.23. The van der Waals surface area contributed by atoms with E-state index in [-0.39, 0.29) is 5.71 Å². The van der Waals surface area contributed by atoms with Crippen molar-refractivity contribution in [3.63, 3.8) is 0 Å². The van der Waals surface area contributed by atoms with E-state index in [0.717, 1.165) is 11.1 Å². The van der Waals surface area contributed by atoms with Gasteiger partial charge in [0.2, 0.25) is 0 Å². The summed E-state index contributed by atoms with van der Waals surface area (Å²) in [6, 6.07) is 1.79. The first-order chi connectivity index (χ1) is 10.8. The smallest absolute Gasteiger partial charge is 0.293 e. The van der Waals surface area contributed by atoms with Gasteiger partial charge < -0.3 is 0 Å². The number of hydrogen-bond acceptors (Lipinski definition) is 5. The number of ketones is 1. The Morgan fingerprint density at radius 3 is 2.29 bits per heavy atom. The van der Waals surface area contributed by atoms with Gasteiger partial charge in [-0.2, -0.15) is 18.3 Å². The van der Waals surface area contributed by atoms with Crippen molar-refractivity contribution in [1.29, 1.82) is 0 Å². The minimum Gasteiger partial charge on any atom is -0.293 e. The van der Waals surface area contributed by atoms with Gasteiger partial charge in [-0.25, -0.2) is 13.4 Å². The molecule has 0 saturated carbocycles. The Labute approximate surface area is 135 Å². The lowest BCUT2D eigenvalue weighted by atomic mass is 9.93. The van der Waals surface area contributed by atoms with Crippen molar-refractivity contribution < 1.29 is 31.2 Å². The van der Waals surface area contributed by atoms with Crippen LogP contribution >= 0.6 is 0 Å². The van der Waals surface area contributed by atoms with Crippen LogP contribution < -0.4 is 0 Å². The lowest BCUT2D eigenvalue weighted by molar-refractivity contribution is -0.137. The fourth-order valence-corrected chi connectivity index (χ4v) is 3.28. The third kappa shape index (κ3) is 3.18. The molecule has 1 aliphatic rings. The Morgan fingerprint density at radius 2 is 1.88 bits per heavy atom. The SMILES string of the molecule is CC1=NN(C)C(=O)C1C(=O)c1ccc(C(F)(F)F)cc1S(C)(=O)=O. The monoisotopic (exact) mass is 362 g/mol. The highest BCUT2D eigenvalue weighted by atomic mass is 32.2. The Kier molecular flexibility index (Phi) is 4.29. The first-order valence-electron chi connectivity index (χ1n) is 6.62. The predicted molar refractivity (Wildman–Crippen MR) is 78.3 cm³/mol. The molecule has 0 N–H and O–H groups in total. The molecule has 1 atom stereocenters. The number of carbonyl (C=O) groups excluding carboxylic acids is 2. The standard InChI is InChI=1S/C14H13F3N2O4S/c1-7-11(13(21)19(2)18-7)12(20)9-5-4-8(14(15,16)17)6-10(9)24(3,22)23/h4-6,11H,1-3H3. The molecule has 2 rings (SSSR count). The van der Waals surface area contributed by atoms with Crippen LogP contribution in [0.25, 0.3) is 0 Å². The normalized spacial score (nSPS) is 18.8. The second-order valence-electron chi connectivity index (χ2n) is 5.38. The van der Waals surface area contributed by atoms with Crippen LogP contribution in [0.15, 0.2) is 28.2 Å². The molecule has 1 unspecified atom stereocenters. The Bertz CT molecular complexity index is 859. The molecule has 0 aliphatic carbocycles. The number of sulfone groups is 1. The topological polar surface area (TPSA) is 83.9 Å². The van der Waals surface area contributed by atoms with Crippen LogP contribution in [0.3, 0.4) is 0 Å². The Morgan fingerprint density at radius 1 is 1.29 bits per heavy atom. The maximum absolute atomic E-state index is 12.8. The molecule has 1 aromatic rings. The van der Waals surface area contributed by atoms with Crippen LogP contribution in [-0.4, -0.2) is 44.1 Å². The number of halogens is 3. The third-order valence-electron chi connectivity index (χ3n) is 3.53. The van der Waals surface area contributed by atoms with Gasteiger partial charge in [0.05, 0.1) is 16.2 Å². The van der Waals surface area contributed by atoms with Gasteiger partial charge in [-0.3, -0.25) is 9.59 Å². The fraction of sp³-hybridized carbons (Fsp3) is 0.357. The average Bonchev–Trinajstić information content (AvgIpc) is 2.69. The van der Waals surface area contributed by atoms with E-state index in [1.807, 2.05) is 0 Å². The maximum Gasteiger partial charge on any atom is 0.416 e. The molecule has 0 saturated heterocycles. The minimum atomic E-state index is -4.76. The minimum absolute atomic E-state index is 0.145. The van der Waals surface area contributed by atoms with E-state index >= 15 is 0 Å². The van der Waals surface area contributed by atoms with Crippen LogP contribution in [0, 0.1) is 5.92 Å². The summed E-state index contributed by atoms with van der Waals surface area (Å²) < 4.78 is 62.1. The van der Waals surface area contributed by atoms with Gasteiger partial charge in [0.1, 0.15) is 5.92 Å². The molecule has 0 fully saturated rings. The number of hydrazone groups is 1. The van der Waals surface area contributed by atoms with Crippen molar-refractivity contribution in [2.45, 2.75) is 18.0 Å². The van der Waals surface area contributed by atoms with Crippen molar-refractivity contribution >= 4 is 27.2 Å². The Balaban J connectivity index is 2.61. The van der Waals surface area contributed by atoms with E-state index in [0.29, 0.717) is 18.4 Å². The number of amides is 1. The maximum atomic E-state index is 12.8. The number of alkyl halides is 3.